The van der Waals surface area contributed by atoms with Crippen LogP contribution in [0, 0.1) is 0 Å². The fourth-order valence-electron chi connectivity index (χ4n) is 0.993. The van der Waals surface area contributed by atoms with Crippen LogP contribution in [0.3, 0.4) is 0 Å². The summed E-state index contributed by atoms with van der Waals surface area (Å²) in [6.07, 6.45) is 0. The Kier molecular flexibility index (Phi) is 4.57. The summed E-state index contributed by atoms with van der Waals surface area (Å²) in [5.74, 6) is -0.165. The molecule has 0 saturated heterocycles. The summed E-state index contributed by atoms with van der Waals surface area (Å²) in [6, 6.07) is 5.00. The maximum Gasteiger partial charge on any atom is 0.251 e. The van der Waals surface area contributed by atoms with Gasteiger partial charge in [-0.2, -0.15) is 0 Å². The molecule has 1 amide bonds. The first-order valence-corrected chi connectivity index (χ1v) is 5.66. The largest absolute Gasteiger partial charge is 0.350 e. The van der Waals surface area contributed by atoms with E-state index >= 15 is 0 Å². The van der Waals surface area contributed by atoms with Gasteiger partial charge in [0.05, 0.1) is 5.02 Å². The van der Waals surface area contributed by atoms with E-state index in [9.17, 15) is 4.79 Å². The number of amides is 1. The van der Waals surface area contributed by atoms with Gasteiger partial charge in [0.1, 0.15) is 0 Å². The summed E-state index contributed by atoms with van der Waals surface area (Å²) in [5, 5.41) is 3.22. The number of nitrogens with two attached hydrogens (primary N) is 1. The maximum atomic E-state index is 11.6. The van der Waals surface area contributed by atoms with Gasteiger partial charge >= 0.3 is 0 Å². The molecule has 0 aliphatic heterocycles. The number of nitrogens with one attached hydrogen (secondary N) is 1. The van der Waals surface area contributed by atoms with Crippen LogP contribution in [0.1, 0.15) is 17.3 Å². The molecule has 1 aromatic rings. The second-order valence-corrected chi connectivity index (χ2v) is 4.58. The van der Waals surface area contributed by atoms with E-state index in [2.05, 4.69) is 21.2 Å². The lowest BCUT2D eigenvalue weighted by molar-refractivity contribution is 0.0951. The van der Waals surface area contributed by atoms with E-state index in [1.807, 2.05) is 6.92 Å². The summed E-state index contributed by atoms with van der Waals surface area (Å²) >= 11 is 9.13. The summed E-state index contributed by atoms with van der Waals surface area (Å²) in [5.41, 5.74) is 6.06. The standard InChI is InChI=1S/C10H12BrClN2O/c1-6(13)5-14-10(15)7-2-3-8(11)9(12)4-7/h2-4,6H,5,13H2,1H3,(H,14,15). The third kappa shape index (κ3) is 3.81. The average Bonchev–Trinajstić information content (AvgIpc) is 2.18. The molecule has 3 nitrogen and oxygen atoms in total. The van der Waals surface area contributed by atoms with E-state index in [-0.39, 0.29) is 11.9 Å². The highest BCUT2D eigenvalue weighted by Gasteiger charge is 2.07. The maximum absolute atomic E-state index is 11.6. The molecule has 0 aromatic heterocycles. The van der Waals surface area contributed by atoms with Crippen LogP contribution in [0.2, 0.25) is 5.02 Å². The minimum Gasteiger partial charge on any atom is -0.350 e. The second-order valence-electron chi connectivity index (χ2n) is 3.32. The van der Waals surface area contributed by atoms with Crippen LogP contribution in [0.4, 0.5) is 0 Å². The zero-order chi connectivity index (χ0) is 11.4. The van der Waals surface area contributed by atoms with Crippen LogP contribution < -0.4 is 11.1 Å². The van der Waals surface area contributed by atoms with E-state index < -0.39 is 0 Å². The Labute approximate surface area is 102 Å². The summed E-state index contributed by atoms with van der Waals surface area (Å²) in [4.78, 5) is 11.6. The molecule has 0 aliphatic carbocycles. The predicted molar refractivity (Wildman–Crippen MR) is 65.1 cm³/mol. The first kappa shape index (κ1) is 12.5. The highest BCUT2D eigenvalue weighted by atomic mass is 79.9. The fourth-order valence-corrected chi connectivity index (χ4v) is 1.42. The SMILES string of the molecule is CC(N)CNC(=O)c1ccc(Br)c(Cl)c1. The van der Waals surface area contributed by atoms with Crippen LogP contribution >= 0.6 is 27.5 Å². The molecule has 0 heterocycles. The van der Waals surface area contributed by atoms with E-state index in [0.29, 0.717) is 17.1 Å². The Balaban J connectivity index is 2.70. The van der Waals surface area contributed by atoms with E-state index in [4.69, 9.17) is 17.3 Å². The van der Waals surface area contributed by atoms with Crippen LogP contribution in [0.15, 0.2) is 22.7 Å². The van der Waals surface area contributed by atoms with E-state index in [0.717, 1.165) is 4.47 Å². The van der Waals surface area contributed by atoms with Gasteiger partial charge in [-0.15, -0.1) is 0 Å². The van der Waals surface area contributed by atoms with Crippen LogP contribution in [0.5, 0.6) is 0 Å². The molecule has 1 atom stereocenters. The van der Waals surface area contributed by atoms with Crippen molar-refractivity contribution in [2.75, 3.05) is 6.54 Å². The first-order valence-electron chi connectivity index (χ1n) is 4.49. The molecule has 0 radical (unpaired) electrons. The number of carbonyl (C=O) groups is 1. The Bertz CT molecular complexity index is 368. The van der Waals surface area contributed by atoms with Crippen LogP contribution in [0.25, 0.3) is 0 Å². The molecule has 1 aromatic carbocycles. The minimum absolute atomic E-state index is 0.0557. The molecular formula is C10H12BrClN2O. The number of hydrogen-bond donors (Lipinski definition) is 2. The van der Waals surface area contributed by atoms with Crippen molar-refractivity contribution in [1.82, 2.24) is 5.32 Å². The van der Waals surface area contributed by atoms with Gasteiger partial charge in [0.2, 0.25) is 0 Å². The number of rotatable bonds is 3. The molecule has 1 rings (SSSR count). The van der Waals surface area contributed by atoms with Gasteiger partial charge in [-0.3, -0.25) is 4.79 Å². The Morgan fingerprint density at radius 2 is 2.33 bits per heavy atom. The van der Waals surface area contributed by atoms with Crippen molar-refractivity contribution >= 4 is 33.4 Å². The van der Waals surface area contributed by atoms with Gasteiger partial charge in [0.15, 0.2) is 0 Å². The van der Waals surface area contributed by atoms with Crippen molar-refractivity contribution in [2.45, 2.75) is 13.0 Å². The Morgan fingerprint density at radius 3 is 2.87 bits per heavy atom. The molecular weight excluding hydrogens is 279 g/mol. The fraction of sp³-hybridized carbons (Fsp3) is 0.300. The number of hydrogen-bond acceptors (Lipinski definition) is 2. The van der Waals surface area contributed by atoms with Gasteiger partial charge in [0.25, 0.3) is 5.91 Å². The van der Waals surface area contributed by atoms with Crippen LogP contribution in [-0.2, 0) is 0 Å². The molecule has 82 valence electrons. The van der Waals surface area contributed by atoms with Crippen molar-refractivity contribution in [1.29, 1.82) is 0 Å². The lowest BCUT2D eigenvalue weighted by Gasteiger charge is -2.08. The highest BCUT2D eigenvalue weighted by molar-refractivity contribution is 9.10. The molecule has 0 fully saturated rings. The lowest BCUT2D eigenvalue weighted by atomic mass is 10.2. The van der Waals surface area contributed by atoms with Gasteiger partial charge in [0, 0.05) is 22.6 Å². The van der Waals surface area contributed by atoms with Gasteiger partial charge < -0.3 is 11.1 Å². The van der Waals surface area contributed by atoms with E-state index in [1.54, 1.807) is 18.2 Å². The van der Waals surface area contributed by atoms with Crippen molar-refractivity contribution in [2.24, 2.45) is 5.73 Å². The number of halogens is 2. The molecule has 0 bridgehead atoms. The molecule has 5 heteroatoms. The first-order chi connectivity index (χ1) is 7.00. The third-order valence-electron chi connectivity index (χ3n) is 1.77. The minimum atomic E-state index is -0.165. The summed E-state index contributed by atoms with van der Waals surface area (Å²) < 4.78 is 0.771. The molecule has 0 saturated carbocycles. The third-order valence-corrected chi connectivity index (χ3v) is 3.00. The molecule has 15 heavy (non-hydrogen) atoms. The normalized spacial score (nSPS) is 12.3. The quantitative estimate of drug-likeness (QED) is 0.897. The topological polar surface area (TPSA) is 55.1 Å². The smallest absolute Gasteiger partial charge is 0.251 e. The molecule has 1 unspecified atom stereocenters. The van der Waals surface area contributed by atoms with Gasteiger partial charge in [-0.05, 0) is 41.1 Å². The van der Waals surface area contributed by atoms with Crippen molar-refractivity contribution < 1.29 is 4.79 Å². The van der Waals surface area contributed by atoms with Crippen molar-refractivity contribution in [3.05, 3.63) is 33.3 Å². The van der Waals surface area contributed by atoms with Crippen molar-refractivity contribution in [3.8, 4) is 0 Å². The lowest BCUT2D eigenvalue weighted by Crippen LogP contribution is -2.35. The van der Waals surface area contributed by atoms with Gasteiger partial charge in [-0.1, -0.05) is 11.6 Å². The average molecular weight is 292 g/mol. The zero-order valence-electron chi connectivity index (χ0n) is 8.26. The number of carbonyl (C=O) groups excluding carboxylic acids is 1. The Hall–Kier alpha value is -0.580. The predicted octanol–water partition coefficient (Wildman–Crippen LogP) is 2.18. The highest BCUT2D eigenvalue weighted by Crippen LogP contribution is 2.22. The zero-order valence-corrected chi connectivity index (χ0v) is 10.6. The number of benzene rings is 1. The van der Waals surface area contributed by atoms with Gasteiger partial charge in [-0.25, -0.2) is 0 Å². The van der Waals surface area contributed by atoms with Crippen LogP contribution in [-0.4, -0.2) is 18.5 Å². The Morgan fingerprint density at radius 1 is 1.67 bits per heavy atom. The van der Waals surface area contributed by atoms with Crippen molar-refractivity contribution in [3.63, 3.8) is 0 Å². The van der Waals surface area contributed by atoms with E-state index in [1.165, 1.54) is 0 Å². The summed E-state index contributed by atoms with van der Waals surface area (Å²) in [6.45, 7) is 2.28. The molecule has 0 spiro atoms. The molecule has 0 aliphatic rings. The summed E-state index contributed by atoms with van der Waals surface area (Å²) in [7, 11) is 0. The molecule has 3 N–H and O–H groups in total. The second kappa shape index (κ2) is 5.49. The monoisotopic (exact) mass is 290 g/mol.